The molecule has 1 aliphatic heterocycles. The van der Waals surface area contributed by atoms with Crippen molar-refractivity contribution in [3.8, 4) is 0 Å². The lowest BCUT2D eigenvalue weighted by Gasteiger charge is -2.29. The number of nitrogens with zero attached hydrogens (tertiary/aromatic N) is 1. The molecule has 3 nitrogen and oxygen atoms in total. The fourth-order valence-corrected chi connectivity index (χ4v) is 3.26. The standard InChI is InChI=1S/C19H18N2O/c22-19(11-16-12-20-18-8-4-3-7-17(16)18)21-10-9-14-5-1-2-6-15(14)13-21/h1-8,12,20H,9-11,13H2. The minimum atomic E-state index is 0.208. The molecule has 1 aromatic heterocycles. The van der Waals surface area contributed by atoms with E-state index in [2.05, 4.69) is 29.2 Å². The quantitative estimate of drug-likeness (QED) is 0.772. The summed E-state index contributed by atoms with van der Waals surface area (Å²) in [7, 11) is 0. The van der Waals surface area contributed by atoms with Gasteiger partial charge in [0.25, 0.3) is 0 Å². The van der Waals surface area contributed by atoms with Gasteiger partial charge < -0.3 is 9.88 Å². The topological polar surface area (TPSA) is 36.1 Å². The fourth-order valence-electron chi connectivity index (χ4n) is 3.26. The van der Waals surface area contributed by atoms with E-state index in [0.29, 0.717) is 6.42 Å². The van der Waals surface area contributed by atoms with Gasteiger partial charge in [0.15, 0.2) is 0 Å². The highest BCUT2D eigenvalue weighted by Crippen LogP contribution is 2.22. The van der Waals surface area contributed by atoms with E-state index in [4.69, 9.17) is 0 Å². The Morgan fingerprint density at radius 2 is 1.82 bits per heavy atom. The third-order valence-electron chi connectivity index (χ3n) is 4.50. The maximum Gasteiger partial charge on any atom is 0.227 e. The zero-order chi connectivity index (χ0) is 14.9. The monoisotopic (exact) mass is 290 g/mol. The van der Waals surface area contributed by atoms with E-state index in [9.17, 15) is 4.79 Å². The van der Waals surface area contributed by atoms with Crippen LogP contribution in [0, 0.1) is 0 Å². The Morgan fingerprint density at radius 3 is 2.73 bits per heavy atom. The predicted molar refractivity (Wildman–Crippen MR) is 87.6 cm³/mol. The van der Waals surface area contributed by atoms with Gasteiger partial charge in [-0.25, -0.2) is 0 Å². The van der Waals surface area contributed by atoms with Crippen molar-refractivity contribution in [2.75, 3.05) is 6.54 Å². The summed E-state index contributed by atoms with van der Waals surface area (Å²) in [6, 6.07) is 16.5. The molecular formula is C19H18N2O. The molecule has 0 aliphatic carbocycles. The Labute approximate surface area is 129 Å². The van der Waals surface area contributed by atoms with Gasteiger partial charge in [-0.1, -0.05) is 42.5 Å². The van der Waals surface area contributed by atoms with Gasteiger partial charge in [0.2, 0.25) is 5.91 Å². The number of hydrogen-bond donors (Lipinski definition) is 1. The van der Waals surface area contributed by atoms with E-state index >= 15 is 0 Å². The normalized spacial score (nSPS) is 14.1. The van der Waals surface area contributed by atoms with Crippen LogP contribution < -0.4 is 0 Å². The van der Waals surface area contributed by atoms with Crippen LogP contribution in [-0.4, -0.2) is 22.3 Å². The van der Waals surface area contributed by atoms with Gasteiger partial charge in [-0.2, -0.15) is 0 Å². The molecule has 0 saturated carbocycles. The van der Waals surface area contributed by atoms with Gasteiger partial charge in [-0.05, 0) is 29.2 Å². The molecule has 1 N–H and O–H groups in total. The Balaban J connectivity index is 1.54. The maximum atomic E-state index is 12.6. The van der Waals surface area contributed by atoms with Crippen LogP contribution in [0.15, 0.2) is 54.7 Å². The number of carbonyl (C=O) groups excluding carboxylic acids is 1. The van der Waals surface area contributed by atoms with Crippen molar-refractivity contribution < 1.29 is 4.79 Å². The average molecular weight is 290 g/mol. The lowest BCUT2D eigenvalue weighted by Crippen LogP contribution is -2.36. The van der Waals surface area contributed by atoms with Gasteiger partial charge in [0, 0.05) is 30.2 Å². The maximum absolute atomic E-state index is 12.6. The first-order valence-electron chi connectivity index (χ1n) is 7.71. The van der Waals surface area contributed by atoms with Crippen LogP contribution in [0.2, 0.25) is 0 Å². The highest BCUT2D eigenvalue weighted by Gasteiger charge is 2.21. The van der Waals surface area contributed by atoms with Gasteiger partial charge >= 0.3 is 0 Å². The van der Waals surface area contributed by atoms with E-state index in [0.717, 1.165) is 36.0 Å². The van der Waals surface area contributed by atoms with Crippen molar-refractivity contribution >= 4 is 16.8 Å². The molecule has 1 aliphatic rings. The molecule has 0 fully saturated rings. The molecule has 110 valence electrons. The summed E-state index contributed by atoms with van der Waals surface area (Å²) in [5.74, 6) is 0.208. The molecule has 1 amide bonds. The number of aromatic nitrogens is 1. The molecule has 2 heterocycles. The molecule has 0 bridgehead atoms. The highest BCUT2D eigenvalue weighted by atomic mass is 16.2. The smallest absolute Gasteiger partial charge is 0.227 e. The van der Waals surface area contributed by atoms with Gasteiger partial charge in [0.1, 0.15) is 0 Å². The first-order valence-corrected chi connectivity index (χ1v) is 7.71. The second kappa shape index (κ2) is 5.34. The number of benzene rings is 2. The summed E-state index contributed by atoms with van der Waals surface area (Å²) in [6.45, 7) is 1.55. The zero-order valence-corrected chi connectivity index (χ0v) is 12.4. The molecule has 4 rings (SSSR count). The summed E-state index contributed by atoms with van der Waals surface area (Å²) in [6.07, 6.45) is 3.38. The van der Waals surface area contributed by atoms with Crippen LogP contribution in [-0.2, 0) is 24.2 Å². The molecule has 2 aromatic carbocycles. The zero-order valence-electron chi connectivity index (χ0n) is 12.4. The summed E-state index contributed by atoms with van der Waals surface area (Å²) in [4.78, 5) is 17.8. The molecule has 3 heteroatoms. The number of carbonyl (C=O) groups is 1. The van der Waals surface area contributed by atoms with E-state index in [1.807, 2.05) is 35.4 Å². The van der Waals surface area contributed by atoms with E-state index < -0.39 is 0 Å². The van der Waals surface area contributed by atoms with Gasteiger partial charge in [-0.15, -0.1) is 0 Å². The van der Waals surface area contributed by atoms with E-state index in [1.165, 1.54) is 11.1 Å². The van der Waals surface area contributed by atoms with Crippen LogP contribution >= 0.6 is 0 Å². The molecule has 0 saturated heterocycles. The number of aromatic amines is 1. The van der Waals surface area contributed by atoms with Crippen LogP contribution in [0.25, 0.3) is 10.9 Å². The summed E-state index contributed by atoms with van der Waals surface area (Å²) in [5.41, 5.74) is 4.83. The van der Waals surface area contributed by atoms with E-state index in [1.54, 1.807) is 0 Å². The highest BCUT2D eigenvalue weighted by molar-refractivity contribution is 5.89. The van der Waals surface area contributed by atoms with Gasteiger partial charge in [0.05, 0.1) is 6.42 Å². The minimum absolute atomic E-state index is 0.208. The Kier molecular flexibility index (Phi) is 3.19. The molecule has 0 spiro atoms. The van der Waals surface area contributed by atoms with Gasteiger partial charge in [-0.3, -0.25) is 4.79 Å². The van der Waals surface area contributed by atoms with Crippen LogP contribution in [0.1, 0.15) is 16.7 Å². The molecule has 0 radical (unpaired) electrons. The fraction of sp³-hybridized carbons (Fsp3) is 0.211. The van der Waals surface area contributed by atoms with Crippen LogP contribution in [0.5, 0.6) is 0 Å². The van der Waals surface area contributed by atoms with Crippen LogP contribution in [0.3, 0.4) is 0 Å². The molecule has 22 heavy (non-hydrogen) atoms. The molecular weight excluding hydrogens is 272 g/mol. The first-order chi connectivity index (χ1) is 10.8. The Bertz CT molecular complexity index is 834. The number of nitrogens with one attached hydrogen (secondary N) is 1. The van der Waals surface area contributed by atoms with E-state index in [-0.39, 0.29) is 5.91 Å². The number of rotatable bonds is 2. The van der Waals surface area contributed by atoms with Crippen molar-refractivity contribution in [1.82, 2.24) is 9.88 Å². The lowest BCUT2D eigenvalue weighted by molar-refractivity contribution is -0.131. The second-order valence-corrected chi connectivity index (χ2v) is 5.87. The lowest BCUT2D eigenvalue weighted by atomic mass is 9.99. The van der Waals surface area contributed by atoms with Crippen molar-refractivity contribution in [3.05, 3.63) is 71.4 Å². The summed E-state index contributed by atoms with van der Waals surface area (Å²) in [5, 5.41) is 1.15. The third-order valence-corrected chi connectivity index (χ3v) is 4.50. The number of amides is 1. The number of para-hydroxylation sites is 1. The Hall–Kier alpha value is -2.55. The second-order valence-electron chi connectivity index (χ2n) is 5.87. The predicted octanol–water partition coefficient (Wildman–Crippen LogP) is 3.30. The number of H-pyrrole nitrogens is 1. The average Bonchev–Trinajstić information content (AvgIpc) is 2.97. The number of hydrogen-bond acceptors (Lipinski definition) is 1. The molecule has 0 unspecified atom stereocenters. The largest absolute Gasteiger partial charge is 0.361 e. The summed E-state index contributed by atoms with van der Waals surface area (Å²) >= 11 is 0. The molecule has 3 aromatic rings. The summed E-state index contributed by atoms with van der Waals surface area (Å²) < 4.78 is 0. The van der Waals surface area contributed by atoms with Crippen LogP contribution in [0.4, 0.5) is 0 Å². The SMILES string of the molecule is O=C(Cc1c[nH]c2ccccc12)N1CCc2ccccc2C1. The van der Waals surface area contributed by atoms with Crippen molar-refractivity contribution in [2.45, 2.75) is 19.4 Å². The minimum Gasteiger partial charge on any atom is -0.361 e. The van der Waals surface area contributed by atoms with Crippen molar-refractivity contribution in [1.29, 1.82) is 0 Å². The Morgan fingerprint density at radius 1 is 1.05 bits per heavy atom. The third kappa shape index (κ3) is 2.29. The molecule has 0 atom stereocenters. The first kappa shape index (κ1) is 13.1. The van der Waals surface area contributed by atoms with Crippen molar-refractivity contribution in [3.63, 3.8) is 0 Å². The van der Waals surface area contributed by atoms with Crippen molar-refractivity contribution in [2.24, 2.45) is 0 Å². The number of fused-ring (bicyclic) bond motifs is 2.